The Kier molecular flexibility index (Phi) is 6.04. The Morgan fingerprint density at radius 1 is 1.38 bits per heavy atom. The van der Waals surface area contributed by atoms with Crippen LogP contribution in [0.4, 0.5) is 4.39 Å². The Hall–Kier alpha value is -2.21. The van der Waals surface area contributed by atoms with E-state index in [0.29, 0.717) is 23.9 Å². The number of halogens is 1. The van der Waals surface area contributed by atoms with Gasteiger partial charge in [-0.3, -0.25) is 14.8 Å². The largest absolute Gasteiger partial charge is 0.352 e. The summed E-state index contributed by atoms with van der Waals surface area (Å²) < 4.78 is 13.0. The number of amides is 1. The first-order chi connectivity index (χ1) is 12.5. The van der Waals surface area contributed by atoms with E-state index in [-0.39, 0.29) is 11.7 Å². The van der Waals surface area contributed by atoms with Crippen molar-refractivity contribution in [3.8, 4) is 0 Å². The summed E-state index contributed by atoms with van der Waals surface area (Å²) in [7, 11) is 0. The molecule has 3 rings (SSSR count). The van der Waals surface area contributed by atoms with E-state index in [1.807, 2.05) is 0 Å². The number of carbonyl (C=O) groups is 1. The van der Waals surface area contributed by atoms with E-state index in [1.165, 1.54) is 24.3 Å². The summed E-state index contributed by atoms with van der Waals surface area (Å²) in [6, 6.07) is 7.80. The number of H-pyrrole nitrogens is 1. The number of aromatic nitrogens is 2. The zero-order valence-electron chi connectivity index (χ0n) is 15.5. The van der Waals surface area contributed by atoms with Gasteiger partial charge < -0.3 is 5.32 Å². The fraction of sp³-hybridized carbons (Fsp3) is 0.500. The molecule has 1 saturated heterocycles. The van der Waals surface area contributed by atoms with Crippen LogP contribution in [-0.4, -0.2) is 40.6 Å². The third-order valence-corrected chi connectivity index (χ3v) is 4.90. The predicted octanol–water partition coefficient (Wildman–Crippen LogP) is 3.31. The second-order valence-corrected chi connectivity index (χ2v) is 7.43. The molecule has 1 aliphatic heterocycles. The highest BCUT2D eigenvalue weighted by atomic mass is 19.1. The molecule has 140 valence electrons. The average Bonchev–Trinajstić information content (AvgIpc) is 3.09. The van der Waals surface area contributed by atoms with Crippen molar-refractivity contribution >= 4 is 5.91 Å². The van der Waals surface area contributed by atoms with E-state index in [0.717, 1.165) is 43.9 Å². The average molecular weight is 358 g/mol. The van der Waals surface area contributed by atoms with Crippen molar-refractivity contribution in [1.82, 2.24) is 20.4 Å². The SMILES string of the molecule is CC(C)c1cc(CN2CCCC(CNC(=O)c3ccc(F)cc3)C2)[nH]n1. The highest BCUT2D eigenvalue weighted by molar-refractivity contribution is 5.94. The van der Waals surface area contributed by atoms with Crippen LogP contribution < -0.4 is 5.32 Å². The van der Waals surface area contributed by atoms with Crippen LogP contribution in [0.2, 0.25) is 0 Å². The lowest BCUT2D eigenvalue weighted by Gasteiger charge is -2.32. The van der Waals surface area contributed by atoms with Crippen molar-refractivity contribution in [1.29, 1.82) is 0 Å². The van der Waals surface area contributed by atoms with E-state index in [4.69, 9.17) is 0 Å². The molecule has 2 aromatic rings. The molecule has 0 aliphatic carbocycles. The molecule has 0 radical (unpaired) electrons. The molecule has 26 heavy (non-hydrogen) atoms. The standard InChI is InChI=1S/C20H27FN4O/c1-14(2)19-10-18(23-24-19)13-25-9-3-4-15(12-25)11-22-20(26)16-5-7-17(21)8-6-16/h5-8,10,14-15H,3-4,9,11-13H2,1-2H3,(H,22,26)(H,23,24). The van der Waals surface area contributed by atoms with Crippen LogP contribution in [0.15, 0.2) is 30.3 Å². The van der Waals surface area contributed by atoms with Crippen LogP contribution >= 0.6 is 0 Å². The molecule has 0 bridgehead atoms. The summed E-state index contributed by atoms with van der Waals surface area (Å²) in [5, 5.41) is 10.5. The van der Waals surface area contributed by atoms with Gasteiger partial charge in [0.25, 0.3) is 5.91 Å². The zero-order valence-corrected chi connectivity index (χ0v) is 15.5. The number of piperidine rings is 1. The number of hydrogen-bond donors (Lipinski definition) is 2. The van der Waals surface area contributed by atoms with Gasteiger partial charge in [0.1, 0.15) is 5.82 Å². The molecule has 2 N–H and O–H groups in total. The van der Waals surface area contributed by atoms with Crippen LogP contribution in [0, 0.1) is 11.7 Å². The topological polar surface area (TPSA) is 61.0 Å². The molecule has 1 aliphatic rings. The monoisotopic (exact) mass is 358 g/mol. The Balaban J connectivity index is 1.48. The number of hydrogen-bond acceptors (Lipinski definition) is 3. The Morgan fingerprint density at radius 2 is 2.15 bits per heavy atom. The van der Waals surface area contributed by atoms with Gasteiger partial charge in [0, 0.05) is 30.9 Å². The van der Waals surface area contributed by atoms with Gasteiger partial charge in [0.2, 0.25) is 0 Å². The third-order valence-electron chi connectivity index (χ3n) is 4.90. The lowest BCUT2D eigenvalue weighted by molar-refractivity contribution is 0.0930. The van der Waals surface area contributed by atoms with Gasteiger partial charge in [0.05, 0.1) is 5.69 Å². The first-order valence-corrected chi connectivity index (χ1v) is 9.31. The van der Waals surface area contributed by atoms with Gasteiger partial charge in [0.15, 0.2) is 0 Å². The normalized spacial score (nSPS) is 18.2. The van der Waals surface area contributed by atoms with Crippen LogP contribution in [0.5, 0.6) is 0 Å². The predicted molar refractivity (Wildman–Crippen MR) is 99.4 cm³/mol. The summed E-state index contributed by atoms with van der Waals surface area (Å²) >= 11 is 0. The summed E-state index contributed by atoms with van der Waals surface area (Å²) in [6.45, 7) is 7.81. The van der Waals surface area contributed by atoms with Crippen molar-refractivity contribution < 1.29 is 9.18 Å². The quantitative estimate of drug-likeness (QED) is 0.833. The van der Waals surface area contributed by atoms with E-state index >= 15 is 0 Å². The number of rotatable bonds is 6. The lowest BCUT2D eigenvalue weighted by Crippen LogP contribution is -2.40. The van der Waals surface area contributed by atoms with E-state index in [1.54, 1.807) is 0 Å². The van der Waals surface area contributed by atoms with Crippen molar-refractivity contribution in [2.75, 3.05) is 19.6 Å². The van der Waals surface area contributed by atoms with Gasteiger partial charge in [-0.2, -0.15) is 5.10 Å². The van der Waals surface area contributed by atoms with Gasteiger partial charge >= 0.3 is 0 Å². The zero-order chi connectivity index (χ0) is 18.5. The number of aromatic amines is 1. The van der Waals surface area contributed by atoms with Crippen molar-refractivity contribution in [2.45, 2.75) is 39.2 Å². The second-order valence-electron chi connectivity index (χ2n) is 7.43. The summed E-state index contributed by atoms with van der Waals surface area (Å²) in [6.07, 6.45) is 2.24. The van der Waals surface area contributed by atoms with Crippen molar-refractivity contribution in [3.05, 3.63) is 53.1 Å². The smallest absolute Gasteiger partial charge is 0.251 e. The number of nitrogens with one attached hydrogen (secondary N) is 2. The molecule has 1 atom stereocenters. The molecule has 0 saturated carbocycles. The first-order valence-electron chi connectivity index (χ1n) is 9.31. The number of benzene rings is 1. The summed E-state index contributed by atoms with van der Waals surface area (Å²) in [5.41, 5.74) is 2.74. The number of nitrogens with zero attached hydrogens (tertiary/aromatic N) is 2. The van der Waals surface area contributed by atoms with Gasteiger partial charge in [-0.25, -0.2) is 4.39 Å². The van der Waals surface area contributed by atoms with Crippen LogP contribution in [0.3, 0.4) is 0 Å². The van der Waals surface area contributed by atoms with Gasteiger partial charge in [-0.1, -0.05) is 13.8 Å². The minimum absolute atomic E-state index is 0.141. The molecular formula is C20H27FN4O. The Bertz CT molecular complexity index is 726. The van der Waals surface area contributed by atoms with Crippen LogP contribution in [-0.2, 0) is 6.54 Å². The maximum absolute atomic E-state index is 13.0. The molecule has 0 spiro atoms. The molecule has 2 heterocycles. The highest BCUT2D eigenvalue weighted by Gasteiger charge is 2.21. The molecule has 1 amide bonds. The van der Waals surface area contributed by atoms with E-state index in [2.05, 4.69) is 40.3 Å². The van der Waals surface area contributed by atoms with E-state index < -0.39 is 0 Å². The first kappa shape index (κ1) is 18.6. The lowest BCUT2D eigenvalue weighted by atomic mass is 9.97. The summed E-state index contributed by atoms with van der Waals surface area (Å²) in [4.78, 5) is 14.6. The molecule has 5 nitrogen and oxygen atoms in total. The fourth-order valence-electron chi connectivity index (χ4n) is 3.40. The second kappa shape index (κ2) is 8.45. The van der Waals surface area contributed by atoms with Crippen molar-refractivity contribution in [3.63, 3.8) is 0 Å². The maximum Gasteiger partial charge on any atom is 0.251 e. The number of likely N-dealkylation sites (tertiary alicyclic amines) is 1. The maximum atomic E-state index is 13.0. The van der Waals surface area contributed by atoms with Crippen molar-refractivity contribution in [2.24, 2.45) is 5.92 Å². The molecule has 6 heteroatoms. The van der Waals surface area contributed by atoms with Crippen LogP contribution in [0.25, 0.3) is 0 Å². The Labute approximate surface area is 154 Å². The minimum Gasteiger partial charge on any atom is -0.352 e. The minimum atomic E-state index is -0.330. The molecular weight excluding hydrogens is 331 g/mol. The molecule has 1 aromatic carbocycles. The third kappa shape index (κ3) is 4.91. The van der Waals surface area contributed by atoms with E-state index in [9.17, 15) is 9.18 Å². The molecule has 1 unspecified atom stereocenters. The highest BCUT2D eigenvalue weighted by Crippen LogP contribution is 2.19. The van der Waals surface area contributed by atoms with Crippen LogP contribution in [0.1, 0.15) is 54.4 Å². The Morgan fingerprint density at radius 3 is 2.85 bits per heavy atom. The summed E-state index contributed by atoms with van der Waals surface area (Å²) in [5.74, 6) is 0.387. The molecule has 1 fully saturated rings. The van der Waals surface area contributed by atoms with Gasteiger partial charge in [-0.05, 0) is 61.6 Å². The number of carbonyl (C=O) groups excluding carboxylic acids is 1. The fourth-order valence-corrected chi connectivity index (χ4v) is 3.40. The molecule has 1 aromatic heterocycles. The van der Waals surface area contributed by atoms with Gasteiger partial charge in [-0.15, -0.1) is 0 Å².